The van der Waals surface area contributed by atoms with Crippen molar-refractivity contribution in [3.63, 3.8) is 0 Å². The smallest absolute Gasteiger partial charge is 0.289 e. The molecular formula is C14H12F2N2O3S. The predicted octanol–water partition coefficient (Wildman–Crippen LogP) is 1.87. The van der Waals surface area contributed by atoms with Crippen LogP contribution in [0.15, 0.2) is 18.2 Å². The fraction of sp³-hybridized carbons (Fsp3) is 0.357. The number of amides is 3. The highest BCUT2D eigenvalue weighted by molar-refractivity contribution is 8.14. The molecular weight excluding hydrogens is 314 g/mol. The first-order chi connectivity index (χ1) is 10.5. The van der Waals surface area contributed by atoms with Crippen molar-refractivity contribution < 1.29 is 23.2 Å². The van der Waals surface area contributed by atoms with Gasteiger partial charge in [-0.1, -0.05) is 11.8 Å². The summed E-state index contributed by atoms with van der Waals surface area (Å²) in [6, 6.07) is 2.63. The van der Waals surface area contributed by atoms with Crippen molar-refractivity contribution in [1.82, 2.24) is 9.80 Å². The molecule has 0 radical (unpaired) electrons. The molecule has 2 fully saturated rings. The van der Waals surface area contributed by atoms with Crippen LogP contribution in [-0.4, -0.2) is 51.7 Å². The van der Waals surface area contributed by atoms with Gasteiger partial charge in [-0.05, 0) is 24.6 Å². The summed E-state index contributed by atoms with van der Waals surface area (Å²) in [6.45, 7) is 0.583. The number of nitrogens with zero attached hydrogens (tertiary/aromatic N) is 2. The van der Waals surface area contributed by atoms with Crippen molar-refractivity contribution in [2.45, 2.75) is 12.5 Å². The Kier molecular flexibility index (Phi) is 3.86. The van der Waals surface area contributed by atoms with Crippen LogP contribution in [0, 0.1) is 11.6 Å². The number of carbonyl (C=O) groups excluding carboxylic acids is 3. The van der Waals surface area contributed by atoms with Gasteiger partial charge < -0.3 is 4.90 Å². The fourth-order valence-corrected chi connectivity index (χ4v) is 3.44. The van der Waals surface area contributed by atoms with E-state index in [0.717, 1.165) is 23.9 Å². The van der Waals surface area contributed by atoms with Gasteiger partial charge in [-0.15, -0.1) is 0 Å². The second-order valence-electron chi connectivity index (χ2n) is 5.14. The molecule has 1 aromatic rings. The molecule has 2 heterocycles. The quantitative estimate of drug-likeness (QED) is 0.833. The van der Waals surface area contributed by atoms with Gasteiger partial charge >= 0.3 is 0 Å². The van der Waals surface area contributed by atoms with Crippen LogP contribution in [-0.2, 0) is 4.79 Å². The number of likely N-dealkylation sites (tertiary alicyclic amines) is 1. The van der Waals surface area contributed by atoms with E-state index >= 15 is 0 Å². The topological polar surface area (TPSA) is 57.7 Å². The summed E-state index contributed by atoms with van der Waals surface area (Å²) >= 11 is 0.953. The standard InChI is InChI=1S/C14H12F2N2O3S/c15-10-2-1-8(5-11(10)16)13(20)17-4-3-9(6-17)18-12(19)7-22-14(18)21/h1-2,5,9H,3-4,6-7H2. The molecule has 1 aromatic carbocycles. The second-order valence-corrected chi connectivity index (χ2v) is 6.07. The molecule has 2 aliphatic rings. The molecule has 1 atom stereocenters. The highest BCUT2D eigenvalue weighted by Gasteiger charge is 2.40. The normalized spacial score (nSPS) is 21.8. The van der Waals surface area contributed by atoms with E-state index < -0.39 is 17.5 Å². The molecule has 2 saturated heterocycles. The van der Waals surface area contributed by atoms with E-state index in [1.54, 1.807) is 0 Å². The number of carbonyl (C=O) groups is 3. The third-order valence-corrected chi connectivity index (χ3v) is 4.60. The summed E-state index contributed by atoms with van der Waals surface area (Å²) < 4.78 is 26.1. The van der Waals surface area contributed by atoms with E-state index in [1.807, 2.05) is 0 Å². The Morgan fingerprint density at radius 1 is 1.23 bits per heavy atom. The van der Waals surface area contributed by atoms with Crippen molar-refractivity contribution in [1.29, 1.82) is 0 Å². The minimum absolute atomic E-state index is 0.0491. The minimum Gasteiger partial charge on any atom is -0.336 e. The molecule has 116 valence electrons. The van der Waals surface area contributed by atoms with E-state index in [9.17, 15) is 23.2 Å². The van der Waals surface area contributed by atoms with E-state index in [-0.39, 0.29) is 35.0 Å². The molecule has 5 nitrogen and oxygen atoms in total. The number of hydrogen-bond acceptors (Lipinski definition) is 4. The highest BCUT2D eigenvalue weighted by Crippen LogP contribution is 2.27. The first kappa shape index (κ1) is 15.0. The monoisotopic (exact) mass is 326 g/mol. The van der Waals surface area contributed by atoms with E-state index in [1.165, 1.54) is 15.9 Å². The highest BCUT2D eigenvalue weighted by atomic mass is 32.2. The zero-order chi connectivity index (χ0) is 15.9. The zero-order valence-corrected chi connectivity index (χ0v) is 12.2. The van der Waals surface area contributed by atoms with Crippen LogP contribution in [0.4, 0.5) is 13.6 Å². The van der Waals surface area contributed by atoms with Crippen LogP contribution in [0.1, 0.15) is 16.8 Å². The number of benzene rings is 1. The van der Waals surface area contributed by atoms with Gasteiger partial charge in [0, 0.05) is 18.7 Å². The number of hydrogen-bond donors (Lipinski definition) is 0. The van der Waals surface area contributed by atoms with Gasteiger partial charge in [-0.2, -0.15) is 0 Å². The molecule has 2 aliphatic heterocycles. The molecule has 0 saturated carbocycles. The van der Waals surface area contributed by atoms with Crippen molar-refractivity contribution in [3.8, 4) is 0 Å². The number of halogens is 2. The molecule has 0 N–H and O–H groups in total. The molecule has 22 heavy (non-hydrogen) atoms. The maximum absolute atomic E-state index is 13.2. The van der Waals surface area contributed by atoms with Crippen molar-refractivity contribution in [3.05, 3.63) is 35.4 Å². The SMILES string of the molecule is O=C(c1ccc(F)c(F)c1)N1CCC(N2C(=O)CSC2=O)C1. The number of rotatable bonds is 2. The third-order valence-electron chi connectivity index (χ3n) is 3.77. The molecule has 0 aliphatic carbocycles. The van der Waals surface area contributed by atoms with E-state index in [0.29, 0.717) is 13.0 Å². The van der Waals surface area contributed by atoms with Crippen LogP contribution in [0.25, 0.3) is 0 Å². The first-order valence-corrected chi connectivity index (χ1v) is 7.69. The van der Waals surface area contributed by atoms with Crippen LogP contribution < -0.4 is 0 Å². The molecule has 0 spiro atoms. The van der Waals surface area contributed by atoms with Gasteiger partial charge in [-0.3, -0.25) is 19.3 Å². The Labute approximate surface area is 129 Å². The van der Waals surface area contributed by atoms with E-state index in [2.05, 4.69) is 0 Å². The van der Waals surface area contributed by atoms with Crippen LogP contribution in [0.5, 0.6) is 0 Å². The average Bonchev–Trinajstić information content (AvgIpc) is 3.08. The Bertz CT molecular complexity index is 651. The van der Waals surface area contributed by atoms with Gasteiger partial charge in [-0.25, -0.2) is 8.78 Å². The molecule has 1 unspecified atom stereocenters. The van der Waals surface area contributed by atoms with Crippen LogP contribution >= 0.6 is 11.8 Å². The lowest BCUT2D eigenvalue weighted by molar-refractivity contribution is -0.126. The van der Waals surface area contributed by atoms with E-state index in [4.69, 9.17) is 0 Å². The minimum atomic E-state index is -1.08. The average molecular weight is 326 g/mol. The summed E-state index contributed by atoms with van der Waals surface area (Å²) in [5, 5.41) is -0.294. The fourth-order valence-electron chi connectivity index (χ4n) is 2.67. The van der Waals surface area contributed by atoms with Crippen LogP contribution in [0.2, 0.25) is 0 Å². The Balaban J connectivity index is 1.72. The summed E-state index contributed by atoms with van der Waals surface area (Å²) in [4.78, 5) is 38.3. The Morgan fingerprint density at radius 3 is 2.64 bits per heavy atom. The van der Waals surface area contributed by atoms with Crippen molar-refractivity contribution in [2.24, 2.45) is 0 Å². The molecule has 0 aromatic heterocycles. The van der Waals surface area contributed by atoms with Crippen molar-refractivity contribution in [2.75, 3.05) is 18.8 Å². The predicted molar refractivity (Wildman–Crippen MR) is 75.4 cm³/mol. The van der Waals surface area contributed by atoms with Gasteiger partial charge in [0.1, 0.15) is 0 Å². The summed E-state index contributed by atoms with van der Waals surface area (Å²) in [5.74, 6) is -2.65. The lowest BCUT2D eigenvalue weighted by Gasteiger charge is -2.22. The molecule has 3 rings (SSSR count). The second kappa shape index (κ2) is 5.68. The lowest BCUT2D eigenvalue weighted by atomic mass is 10.2. The van der Waals surface area contributed by atoms with Gasteiger partial charge in [0.2, 0.25) is 5.91 Å². The van der Waals surface area contributed by atoms with Gasteiger partial charge in [0.15, 0.2) is 11.6 Å². The van der Waals surface area contributed by atoms with Gasteiger partial charge in [0.25, 0.3) is 11.1 Å². The largest absolute Gasteiger partial charge is 0.336 e. The van der Waals surface area contributed by atoms with Crippen LogP contribution in [0.3, 0.4) is 0 Å². The summed E-state index contributed by atoms with van der Waals surface area (Å²) in [7, 11) is 0. The zero-order valence-electron chi connectivity index (χ0n) is 11.4. The number of thioether (sulfide) groups is 1. The summed E-state index contributed by atoms with van der Waals surface area (Å²) in [6.07, 6.45) is 0.494. The van der Waals surface area contributed by atoms with Crippen molar-refractivity contribution >= 4 is 28.8 Å². The Hall–Kier alpha value is -1.96. The molecule has 0 bridgehead atoms. The molecule has 8 heteroatoms. The number of imide groups is 1. The first-order valence-electron chi connectivity index (χ1n) is 6.70. The van der Waals surface area contributed by atoms with Gasteiger partial charge in [0.05, 0.1) is 11.8 Å². The third kappa shape index (κ3) is 2.58. The lowest BCUT2D eigenvalue weighted by Crippen LogP contribution is -2.41. The Morgan fingerprint density at radius 2 is 2.00 bits per heavy atom. The summed E-state index contributed by atoms with van der Waals surface area (Å²) in [5.41, 5.74) is 0.0491. The maximum Gasteiger partial charge on any atom is 0.289 e. The molecule has 3 amide bonds. The maximum atomic E-state index is 13.2.